The fourth-order valence-electron chi connectivity index (χ4n) is 5.10. The second-order valence-corrected chi connectivity index (χ2v) is 9.64. The smallest absolute Gasteiger partial charge is 0.300 e. The summed E-state index contributed by atoms with van der Waals surface area (Å²) in [5.41, 5.74) is 5.70. The maximum atomic E-state index is 13.6. The number of rotatable bonds is 8. The van der Waals surface area contributed by atoms with Gasteiger partial charge in [0.15, 0.2) is 0 Å². The molecule has 0 aliphatic carbocycles. The Morgan fingerprint density at radius 2 is 1.58 bits per heavy atom. The van der Waals surface area contributed by atoms with E-state index < -0.39 is 17.7 Å². The predicted molar refractivity (Wildman–Crippen MR) is 153 cm³/mol. The van der Waals surface area contributed by atoms with Crippen molar-refractivity contribution in [2.24, 2.45) is 0 Å². The van der Waals surface area contributed by atoms with Crippen LogP contribution in [0, 0.1) is 20.8 Å². The molecular formula is C32H36N2O4. The Morgan fingerprint density at radius 1 is 0.895 bits per heavy atom. The van der Waals surface area contributed by atoms with E-state index in [-0.39, 0.29) is 11.3 Å². The average Bonchev–Trinajstić information content (AvgIpc) is 3.17. The Hall–Kier alpha value is -4.06. The molecule has 1 atom stereocenters. The molecule has 1 saturated heterocycles. The molecule has 198 valence electrons. The predicted octanol–water partition coefficient (Wildman–Crippen LogP) is 6.48. The molecule has 1 aliphatic rings. The molecule has 38 heavy (non-hydrogen) atoms. The first-order valence-electron chi connectivity index (χ1n) is 13.2. The lowest BCUT2D eigenvalue weighted by Crippen LogP contribution is -2.30. The van der Waals surface area contributed by atoms with Crippen LogP contribution in [0.1, 0.15) is 54.6 Å². The van der Waals surface area contributed by atoms with E-state index in [9.17, 15) is 14.7 Å². The van der Waals surface area contributed by atoms with Crippen LogP contribution in [-0.2, 0) is 9.59 Å². The lowest BCUT2D eigenvalue weighted by molar-refractivity contribution is -0.132. The maximum Gasteiger partial charge on any atom is 0.300 e. The maximum absolute atomic E-state index is 13.6. The van der Waals surface area contributed by atoms with Gasteiger partial charge in [-0.1, -0.05) is 24.3 Å². The fourth-order valence-corrected chi connectivity index (χ4v) is 5.10. The summed E-state index contributed by atoms with van der Waals surface area (Å²) in [4.78, 5) is 30.9. The van der Waals surface area contributed by atoms with Gasteiger partial charge in [-0.3, -0.25) is 14.5 Å². The number of nitrogens with zero attached hydrogens (tertiary/aromatic N) is 2. The van der Waals surface area contributed by atoms with Gasteiger partial charge >= 0.3 is 0 Å². The van der Waals surface area contributed by atoms with Crippen molar-refractivity contribution >= 4 is 28.8 Å². The first-order valence-corrected chi connectivity index (χ1v) is 13.2. The lowest BCUT2D eigenvalue weighted by atomic mass is 9.94. The van der Waals surface area contributed by atoms with Gasteiger partial charge < -0.3 is 14.7 Å². The van der Waals surface area contributed by atoms with Crippen molar-refractivity contribution < 1.29 is 19.4 Å². The zero-order valence-electron chi connectivity index (χ0n) is 23.0. The van der Waals surface area contributed by atoms with Crippen molar-refractivity contribution in [1.29, 1.82) is 0 Å². The van der Waals surface area contributed by atoms with Crippen molar-refractivity contribution in [3.05, 3.63) is 94.1 Å². The number of aliphatic hydroxyl groups is 1. The standard InChI is InChI=1S/C32H36N2O4/c1-7-33(8-2)25-15-12-23(13-16-25)29-28(30(35)24-14-17-27(38-9-3)22(6)19-24)31(36)32(37)34(29)26-18-20(4)10-11-21(26)5/h10-19,29,35H,7-9H2,1-6H3/b30-28-. The molecule has 0 spiro atoms. The van der Waals surface area contributed by atoms with Crippen LogP contribution in [0.3, 0.4) is 0 Å². The van der Waals surface area contributed by atoms with Crippen LogP contribution >= 0.6 is 0 Å². The minimum atomic E-state index is -0.770. The van der Waals surface area contributed by atoms with Crippen molar-refractivity contribution in [3.8, 4) is 5.75 Å². The van der Waals surface area contributed by atoms with Crippen LogP contribution in [0.25, 0.3) is 5.76 Å². The molecule has 0 bridgehead atoms. The van der Waals surface area contributed by atoms with Crippen molar-refractivity contribution in [3.63, 3.8) is 0 Å². The molecule has 1 N–H and O–H groups in total. The quantitative estimate of drug-likeness (QED) is 0.212. The lowest BCUT2D eigenvalue weighted by Gasteiger charge is -2.28. The summed E-state index contributed by atoms with van der Waals surface area (Å²) in [6.07, 6.45) is 0. The number of anilines is 2. The van der Waals surface area contributed by atoms with Crippen molar-refractivity contribution in [2.45, 2.75) is 47.6 Å². The Labute approximate surface area is 225 Å². The highest BCUT2D eigenvalue weighted by atomic mass is 16.5. The molecule has 1 amide bonds. The van der Waals surface area contributed by atoms with E-state index in [1.807, 2.05) is 70.2 Å². The van der Waals surface area contributed by atoms with Crippen LogP contribution < -0.4 is 14.5 Å². The minimum Gasteiger partial charge on any atom is -0.507 e. The highest BCUT2D eigenvalue weighted by Gasteiger charge is 2.47. The summed E-state index contributed by atoms with van der Waals surface area (Å²) in [5.74, 6) is -0.836. The summed E-state index contributed by atoms with van der Waals surface area (Å²) in [7, 11) is 0. The Balaban J connectivity index is 1.92. The molecule has 0 radical (unpaired) electrons. The van der Waals surface area contributed by atoms with E-state index in [2.05, 4.69) is 18.7 Å². The number of aliphatic hydroxyl groups excluding tert-OH is 1. The molecule has 1 heterocycles. The highest BCUT2D eigenvalue weighted by Crippen LogP contribution is 2.44. The van der Waals surface area contributed by atoms with E-state index in [1.165, 1.54) is 4.90 Å². The number of hydrogen-bond donors (Lipinski definition) is 1. The first-order chi connectivity index (χ1) is 18.2. The molecule has 3 aromatic carbocycles. The van der Waals surface area contributed by atoms with Gasteiger partial charge in [-0.25, -0.2) is 0 Å². The number of Topliss-reactive ketones (excluding diaryl/α,β-unsaturated/α-hetero) is 1. The molecule has 1 fully saturated rings. The van der Waals surface area contributed by atoms with Gasteiger partial charge in [0.1, 0.15) is 11.5 Å². The third-order valence-corrected chi connectivity index (χ3v) is 7.15. The number of carbonyl (C=O) groups excluding carboxylic acids is 2. The molecule has 4 rings (SSSR count). The third kappa shape index (κ3) is 4.91. The largest absolute Gasteiger partial charge is 0.507 e. The number of ketones is 1. The molecule has 1 aliphatic heterocycles. The zero-order chi connectivity index (χ0) is 27.6. The first kappa shape index (κ1) is 27.0. The molecule has 6 nitrogen and oxygen atoms in total. The summed E-state index contributed by atoms with van der Waals surface area (Å²) in [5, 5.41) is 11.5. The number of amides is 1. The van der Waals surface area contributed by atoms with Gasteiger partial charge in [-0.05, 0) is 100 Å². The Kier molecular flexibility index (Phi) is 7.91. The van der Waals surface area contributed by atoms with E-state index in [1.54, 1.807) is 18.2 Å². The van der Waals surface area contributed by atoms with Crippen molar-refractivity contribution in [2.75, 3.05) is 29.5 Å². The van der Waals surface area contributed by atoms with Gasteiger partial charge in [-0.2, -0.15) is 0 Å². The van der Waals surface area contributed by atoms with Gasteiger partial charge in [-0.15, -0.1) is 0 Å². The number of ether oxygens (including phenoxy) is 1. The number of benzene rings is 3. The van der Waals surface area contributed by atoms with Crippen molar-refractivity contribution in [1.82, 2.24) is 0 Å². The van der Waals surface area contributed by atoms with E-state index in [0.29, 0.717) is 23.6 Å². The third-order valence-electron chi connectivity index (χ3n) is 7.15. The summed E-state index contributed by atoms with van der Waals surface area (Å²) < 4.78 is 5.64. The normalized spacial score (nSPS) is 16.7. The monoisotopic (exact) mass is 512 g/mol. The molecular weight excluding hydrogens is 476 g/mol. The summed E-state index contributed by atoms with van der Waals surface area (Å²) >= 11 is 0. The Bertz CT molecular complexity index is 1390. The molecule has 6 heteroatoms. The second kappa shape index (κ2) is 11.1. The van der Waals surface area contributed by atoms with Crippen LogP contribution in [0.4, 0.5) is 11.4 Å². The van der Waals surface area contributed by atoms with E-state index in [4.69, 9.17) is 4.74 Å². The van der Waals surface area contributed by atoms with Gasteiger partial charge in [0.25, 0.3) is 11.7 Å². The minimum absolute atomic E-state index is 0.0788. The van der Waals surface area contributed by atoms with E-state index in [0.717, 1.165) is 41.0 Å². The van der Waals surface area contributed by atoms with Gasteiger partial charge in [0, 0.05) is 30.0 Å². The Morgan fingerprint density at radius 3 is 2.18 bits per heavy atom. The van der Waals surface area contributed by atoms with Gasteiger partial charge in [0.05, 0.1) is 18.2 Å². The highest BCUT2D eigenvalue weighted by molar-refractivity contribution is 6.51. The zero-order valence-corrected chi connectivity index (χ0v) is 23.0. The SMILES string of the molecule is CCOc1ccc(/C(O)=C2/C(=O)C(=O)N(c3cc(C)ccc3C)C2c2ccc(N(CC)CC)cc2)cc1C. The topological polar surface area (TPSA) is 70.1 Å². The summed E-state index contributed by atoms with van der Waals surface area (Å²) in [6, 6.07) is 18.3. The van der Waals surface area contributed by atoms with Crippen LogP contribution in [0.5, 0.6) is 5.75 Å². The van der Waals surface area contributed by atoms with E-state index >= 15 is 0 Å². The van der Waals surface area contributed by atoms with Crippen LogP contribution in [-0.4, -0.2) is 36.5 Å². The average molecular weight is 513 g/mol. The molecule has 1 unspecified atom stereocenters. The molecule has 0 saturated carbocycles. The van der Waals surface area contributed by atoms with Crippen LogP contribution in [0.15, 0.2) is 66.2 Å². The van der Waals surface area contributed by atoms with Crippen LogP contribution in [0.2, 0.25) is 0 Å². The molecule has 3 aromatic rings. The second-order valence-electron chi connectivity index (χ2n) is 9.64. The number of hydrogen-bond acceptors (Lipinski definition) is 5. The fraction of sp³-hybridized carbons (Fsp3) is 0.312. The molecule has 0 aromatic heterocycles. The summed E-state index contributed by atoms with van der Waals surface area (Å²) in [6.45, 7) is 14.1. The number of aryl methyl sites for hydroxylation is 3. The van der Waals surface area contributed by atoms with Gasteiger partial charge in [0.2, 0.25) is 0 Å². The number of carbonyl (C=O) groups is 2.